The second-order valence-electron chi connectivity index (χ2n) is 8.55. The third kappa shape index (κ3) is 4.11. The van der Waals surface area contributed by atoms with E-state index < -0.39 is 5.54 Å². The van der Waals surface area contributed by atoms with Crippen LogP contribution in [-0.2, 0) is 21.5 Å². The highest BCUT2D eigenvalue weighted by Crippen LogP contribution is 2.36. The lowest BCUT2D eigenvalue weighted by Gasteiger charge is -2.31. The molecule has 1 unspecified atom stereocenters. The first kappa shape index (κ1) is 20.6. The number of nitrogens with one attached hydrogen (secondary N) is 1. The Hall–Kier alpha value is -2.70. The van der Waals surface area contributed by atoms with E-state index in [1.54, 1.807) is 11.8 Å². The molecule has 1 atom stereocenters. The van der Waals surface area contributed by atoms with Crippen molar-refractivity contribution in [1.29, 1.82) is 0 Å². The number of aromatic nitrogens is 2. The van der Waals surface area contributed by atoms with Crippen LogP contribution in [0.15, 0.2) is 28.8 Å². The van der Waals surface area contributed by atoms with Crippen LogP contribution in [0.2, 0.25) is 0 Å². The van der Waals surface area contributed by atoms with Gasteiger partial charge in [-0.2, -0.15) is 4.98 Å². The number of hydrogen-bond acceptors (Lipinski definition) is 5. The van der Waals surface area contributed by atoms with Gasteiger partial charge in [0.2, 0.25) is 17.7 Å². The third-order valence-electron chi connectivity index (χ3n) is 6.43. The molecule has 2 aliphatic rings. The fourth-order valence-corrected chi connectivity index (χ4v) is 4.61. The summed E-state index contributed by atoms with van der Waals surface area (Å²) in [6.07, 6.45) is 7.05. The molecule has 1 saturated carbocycles. The zero-order valence-electron chi connectivity index (χ0n) is 17.8. The fourth-order valence-electron chi connectivity index (χ4n) is 4.61. The van der Waals surface area contributed by atoms with Crippen LogP contribution in [0.4, 0.5) is 5.69 Å². The van der Waals surface area contributed by atoms with Crippen molar-refractivity contribution < 1.29 is 14.1 Å². The van der Waals surface area contributed by atoms with Crippen LogP contribution in [0.3, 0.4) is 0 Å². The average Bonchev–Trinajstić information content (AvgIpc) is 3.28. The molecule has 2 fully saturated rings. The third-order valence-corrected chi connectivity index (χ3v) is 6.43. The van der Waals surface area contributed by atoms with Gasteiger partial charge in [0, 0.05) is 25.6 Å². The molecule has 1 aliphatic heterocycles. The molecule has 1 saturated heterocycles. The second kappa shape index (κ2) is 8.58. The van der Waals surface area contributed by atoms with Crippen LogP contribution in [0.1, 0.15) is 69.1 Å². The molecule has 4 rings (SSSR count). The van der Waals surface area contributed by atoms with Crippen molar-refractivity contribution in [3.8, 4) is 0 Å². The van der Waals surface area contributed by atoms with E-state index in [2.05, 4.69) is 22.4 Å². The maximum absolute atomic E-state index is 13.3. The molecule has 7 nitrogen and oxygen atoms in total. The van der Waals surface area contributed by atoms with E-state index in [9.17, 15) is 9.59 Å². The summed E-state index contributed by atoms with van der Waals surface area (Å²) in [6, 6.07) is 8.00. The second-order valence-corrected chi connectivity index (χ2v) is 8.55. The predicted octanol–water partition coefficient (Wildman–Crippen LogP) is 3.66. The fraction of sp³-hybridized carbons (Fsp3) is 0.565. The van der Waals surface area contributed by atoms with E-state index in [0.29, 0.717) is 18.3 Å². The molecule has 1 N–H and O–H groups in total. The molecule has 0 bridgehead atoms. The maximum atomic E-state index is 13.3. The lowest BCUT2D eigenvalue weighted by molar-refractivity contribution is -0.128. The minimum Gasteiger partial charge on any atom is -0.343 e. The monoisotopic (exact) mass is 410 g/mol. The smallest absolute Gasteiger partial charge is 0.227 e. The van der Waals surface area contributed by atoms with Crippen molar-refractivity contribution in [2.45, 2.75) is 70.8 Å². The molecular formula is C23H30N4O3. The highest BCUT2D eigenvalue weighted by atomic mass is 16.5. The summed E-state index contributed by atoms with van der Waals surface area (Å²) in [5.41, 5.74) is 1.47. The van der Waals surface area contributed by atoms with Gasteiger partial charge in [-0.1, -0.05) is 49.9 Å². The van der Waals surface area contributed by atoms with Gasteiger partial charge in [-0.25, -0.2) is 0 Å². The molecule has 0 radical (unpaired) electrons. The first-order valence-electron chi connectivity index (χ1n) is 11.0. The van der Waals surface area contributed by atoms with Gasteiger partial charge < -0.3 is 14.7 Å². The molecule has 1 aromatic carbocycles. The van der Waals surface area contributed by atoms with Gasteiger partial charge >= 0.3 is 0 Å². The van der Waals surface area contributed by atoms with Gasteiger partial charge in [0.05, 0.1) is 5.92 Å². The topological polar surface area (TPSA) is 88.3 Å². The van der Waals surface area contributed by atoms with Crippen LogP contribution in [0, 0.1) is 12.8 Å². The normalized spacial score (nSPS) is 21.5. The van der Waals surface area contributed by atoms with Gasteiger partial charge in [0.1, 0.15) is 5.54 Å². The number of carbonyl (C=O) groups excluding carboxylic acids is 2. The van der Waals surface area contributed by atoms with E-state index in [-0.39, 0.29) is 24.2 Å². The Kier molecular flexibility index (Phi) is 5.88. The summed E-state index contributed by atoms with van der Waals surface area (Å²) >= 11 is 0. The van der Waals surface area contributed by atoms with Gasteiger partial charge in [-0.3, -0.25) is 9.59 Å². The number of nitrogens with zero attached hydrogens (tertiary/aromatic N) is 3. The predicted molar refractivity (Wildman–Crippen MR) is 113 cm³/mol. The van der Waals surface area contributed by atoms with Crippen LogP contribution in [-0.4, -0.2) is 28.5 Å². The quantitative estimate of drug-likeness (QED) is 0.760. The number of anilines is 1. The van der Waals surface area contributed by atoms with Crippen molar-refractivity contribution in [2.75, 3.05) is 11.4 Å². The Morgan fingerprint density at radius 1 is 1.20 bits per heavy atom. The lowest BCUT2D eigenvalue weighted by atomic mass is 9.88. The Labute approximate surface area is 177 Å². The molecule has 1 aliphatic carbocycles. The molecule has 1 aromatic heterocycles. The minimum atomic E-state index is -0.607. The molecule has 0 spiro atoms. The Morgan fingerprint density at radius 3 is 2.50 bits per heavy atom. The Morgan fingerprint density at radius 2 is 1.90 bits per heavy atom. The van der Waals surface area contributed by atoms with Crippen LogP contribution in [0.25, 0.3) is 0 Å². The maximum Gasteiger partial charge on any atom is 0.227 e. The van der Waals surface area contributed by atoms with Gasteiger partial charge in [0.15, 0.2) is 5.82 Å². The summed E-state index contributed by atoms with van der Waals surface area (Å²) in [4.78, 5) is 32.1. The molecule has 160 valence electrons. The number of hydrogen-bond donors (Lipinski definition) is 1. The molecular weight excluding hydrogens is 380 g/mol. The molecule has 2 aromatic rings. The zero-order chi connectivity index (χ0) is 21.1. The van der Waals surface area contributed by atoms with Gasteiger partial charge in [0.25, 0.3) is 0 Å². The van der Waals surface area contributed by atoms with Crippen molar-refractivity contribution in [3.05, 3.63) is 41.5 Å². The molecule has 30 heavy (non-hydrogen) atoms. The minimum absolute atomic E-state index is 0.00952. The van der Waals surface area contributed by atoms with Crippen LogP contribution in [0.5, 0.6) is 0 Å². The van der Waals surface area contributed by atoms with Crippen molar-refractivity contribution in [3.63, 3.8) is 0 Å². The van der Waals surface area contributed by atoms with Crippen molar-refractivity contribution in [2.24, 2.45) is 5.92 Å². The number of amides is 2. The molecule has 2 amide bonds. The van der Waals surface area contributed by atoms with Crippen molar-refractivity contribution in [1.82, 2.24) is 15.5 Å². The van der Waals surface area contributed by atoms with E-state index in [1.165, 1.54) is 5.56 Å². The SMILES string of the molecule is CCc1ccc(N2CC(C(=O)NC3(c4noc(C)n4)CCCCCC3)CC2=O)cc1. The zero-order valence-corrected chi connectivity index (χ0v) is 17.8. The summed E-state index contributed by atoms with van der Waals surface area (Å²) in [5, 5.41) is 7.40. The summed E-state index contributed by atoms with van der Waals surface area (Å²) < 4.78 is 5.23. The average molecular weight is 411 g/mol. The lowest BCUT2D eigenvalue weighted by Crippen LogP contribution is -2.49. The Balaban J connectivity index is 1.50. The van der Waals surface area contributed by atoms with Crippen LogP contribution >= 0.6 is 0 Å². The number of benzene rings is 1. The van der Waals surface area contributed by atoms with Crippen molar-refractivity contribution >= 4 is 17.5 Å². The molecule has 2 heterocycles. The van der Waals surface area contributed by atoms with Gasteiger partial charge in [-0.15, -0.1) is 0 Å². The van der Waals surface area contributed by atoms with Crippen LogP contribution < -0.4 is 10.2 Å². The van der Waals surface area contributed by atoms with E-state index >= 15 is 0 Å². The summed E-state index contributed by atoms with van der Waals surface area (Å²) in [7, 11) is 0. The summed E-state index contributed by atoms with van der Waals surface area (Å²) in [6.45, 7) is 4.27. The number of aryl methyl sites for hydroxylation is 2. The molecule has 7 heteroatoms. The first-order chi connectivity index (χ1) is 14.5. The summed E-state index contributed by atoms with van der Waals surface area (Å²) in [5.74, 6) is 0.578. The number of carbonyl (C=O) groups is 2. The Bertz CT molecular complexity index is 897. The van der Waals surface area contributed by atoms with Gasteiger partial charge in [-0.05, 0) is 37.0 Å². The van der Waals surface area contributed by atoms with E-state index in [1.807, 2.05) is 24.3 Å². The number of rotatable bonds is 5. The first-order valence-corrected chi connectivity index (χ1v) is 11.0. The van der Waals surface area contributed by atoms with E-state index in [0.717, 1.165) is 50.6 Å². The highest BCUT2D eigenvalue weighted by Gasteiger charge is 2.42. The largest absolute Gasteiger partial charge is 0.343 e. The van der Waals surface area contributed by atoms with E-state index in [4.69, 9.17) is 4.52 Å². The standard InChI is InChI=1S/C23H30N4O3/c1-3-17-8-10-19(11-9-17)27-15-18(14-20(27)28)21(29)25-23(12-6-4-5-7-13-23)22-24-16(2)30-26-22/h8-11,18H,3-7,12-15H2,1-2H3,(H,25,29). The highest BCUT2D eigenvalue weighted by molar-refractivity contribution is 6.00.